The van der Waals surface area contributed by atoms with Crippen molar-refractivity contribution in [3.63, 3.8) is 0 Å². The van der Waals surface area contributed by atoms with E-state index in [9.17, 15) is 4.79 Å². The number of amides is 1. The Kier molecular flexibility index (Phi) is 7.33. The molecule has 0 aliphatic carbocycles. The summed E-state index contributed by atoms with van der Waals surface area (Å²) < 4.78 is 11.2. The maximum Gasteiger partial charge on any atom is 0.220 e. The molecular weight excluding hydrogens is 314 g/mol. The lowest BCUT2D eigenvalue weighted by Crippen LogP contribution is -2.23. The van der Waals surface area contributed by atoms with Crippen molar-refractivity contribution in [1.82, 2.24) is 5.32 Å². The SMILES string of the molecule is CCOc1ccc(CNC(=O)CCc2ccc(C)cc2)cc1OCC. The summed E-state index contributed by atoms with van der Waals surface area (Å²) in [5, 5.41) is 2.97. The van der Waals surface area contributed by atoms with E-state index in [1.165, 1.54) is 11.1 Å². The Morgan fingerprint density at radius 3 is 2.24 bits per heavy atom. The number of benzene rings is 2. The summed E-state index contributed by atoms with van der Waals surface area (Å²) in [4.78, 5) is 12.1. The van der Waals surface area contributed by atoms with Gasteiger partial charge in [0, 0.05) is 13.0 Å². The third-order valence-electron chi connectivity index (χ3n) is 3.86. The highest BCUT2D eigenvalue weighted by molar-refractivity contribution is 5.76. The molecule has 1 amide bonds. The molecule has 0 bridgehead atoms. The highest BCUT2D eigenvalue weighted by Crippen LogP contribution is 2.28. The molecule has 0 unspecified atom stereocenters. The molecular formula is C21H27NO3. The van der Waals surface area contributed by atoms with Gasteiger partial charge < -0.3 is 14.8 Å². The second kappa shape index (κ2) is 9.72. The fourth-order valence-corrected chi connectivity index (χ4v) is 2.51. The molecule has 25 heavy (non-hydrogen) atoms. The van der Waals surface area contributed by atoms with Crippen LogP contribution in [-0.4, -0.2) is 19.1 Å². The van der Waals surface area contributed by atoms with Crippen LogP contribution in [0.15, 0.2) is 42.5 Å². The number of nitrogens with one attached hydrogen (secondary N) is 1. The number of rotatable bonds is 9. The predicted octanol–water partition coefficient (Wildman–Crippen LogP) is 4.04. The van der Waals surface area contributed by atoms with Crippen LogP contribution >= 0.6 is 0 Å². The van der Waals surface area contributed by atoms with Gasteiger partial charge in [0.1, 0.15) is 0 Å². The summed E-state index contributed by atoms with van der Waals surface area (Å²) >= 11 is 0. The van der Waals surface area contributed by atoms with Crippen molar-refractivity contribution in [1.29, 1.82) is 0 Å². The van der Waals surface area contributed by atoms with Crippen LogP contribution in [0, 0.1) is 6.92 Å². The van der Waals surface area contributed by atoms with Gasteiger partial charge in [-0.1, -0.05) is 35.9 Å². The molecule has 4 heteroatoms. The zero-order valence-electron chi connectivity index (χ0n) is 15.3. The van der Waals surface area contributed by atoms with Crippen LogP contribution in [0.25, 0.3) is 0 Å². The molecule has 2 aromatic rings. The lowest BCUT2D eigenvalue weighted by Gasteiger charge is -2.13. The molecule has 0 fully saturated rings. The van der Waals surface area contributed by atoms with Gasteiger partial charge in [-0.3, -0.25) is 4.79 Å². The van der Waals surface area contributed by atoms with Crippen molar-refractivity contribution in [2.75, 3.05) is 13.2 Å². The van der Waals surface area contributed by atoms with Gasteiger partial charge in [0.15, 0.2) is 11.5 Å². The Labute approximate surface area is 150 Å². The number of hydrogen-bond donors (Lipinski definition) is 1. The molecule has 134 valence electrons. The number of carbonyl (C=O) groups is 1. The second-order valence-electron chi connectivity index (χ2n) is 5.91. The molecule has 0 saturated carbocycles. The monoisotopic (exact) mass is 341 g/mol. The molecule has 0 radical (unpaired) electrons. The molecule has 0 aromatic heterocycles. The maximum absolute atomic E-state index is 12.1. The third kappa shape index (κ3) is 6.14. The van der Waals surface area contributed by atoms with Crippen molar-refractivity contribution in [3.05, 3.63) is 59.2 Å². The summed E-state index contributed by atoms with van der Waals surface area (Å²) in [5.74, 6) is 1.50. The fraction of sp³-hybridized carbons (Fsp3) is 0.381. The molecule has 2 rings (SSSR count). The van der Waals surface area contributed by atoms with E-state index >= 15 is 0 Å². The van der Waals surface area contributed by atoms with Crippen LogP contribution in [-0.2, 0) is 17.8 Å². The van der Waals surface area contributed by atoms with Gasteiger partial charge in [0.2, 0.25) is 5.91 Å². The van der Waals surface area contributed by atoms with E-state index in [-0.39, 0.29) is 5.91 Å². The quantitative estimate of drug-likeness (QED) is 0.749. The smallest absolute Gasteiger partial charge is 0.220 e. The maximum atomic E-state index is 12.1. The van der Waals surface area contributed by atoms with Gasteiger partial charge in [-0.15, -0.1) is 0 Å². The lowest BCUT2D eigenvalue weighted by atomic mass is 10.1. The van der Waals surface area contributed by atoms with E-state index in [2.05, 4.69) is 36.5 Å². The minimum atomic E-state index is 0.0485. The molecule has 0 aliphatic heterocycles. The fourth-order valence-electron chi connectivity index (χ4n) is 2.51. The Bertz CT molecular complexity index is 680. The minimum Gasteiger partial charge on any atom is -0.490 e. The standard InChI is InChI=1S/C21H27NO3/c1-4-24-19-12-10-18(14-20(19)25-5-2)15-22-21(23)13-11-17-8-6-16(3)7-9-17/h6-10,12,14H,4-5,11,13,15H2,1-3H3,(H,22,23). The second-order valence-corrected chi connectivity index (χ2v) is 5.91. The Morgan fingerprint density at radius 2 is 1.56 bits per heavy atom. The molecule has 0 spiro atoms. The summed E-state index contributed by atoms with van der Waals surface area (Å²) in [6.45, 7) is 7.60. The van der Waals surface area contributed by atoms with Crippen LogP contribution < -0.4 is 14.8 Å². The topological polar surface area (TPSA) is 47.6 Å². The van der Waals surface area contributed by atoms with Gasteiger partial charge in [-0.25, -0.2) is 0 Å². The van der Waals surface area contributed by atoms with E-state index in [1.807, 2.05) is 32.0 Å². The van der Waals surface area contributed by atoms with Gasteiger partial charge >= 0.3 is 0 Å². The van der Waals surface area contributed by atoms with Crippen molar-refractivity contribution < 1.29 is 14.3 Å². The van der Waals surface area contributed by atoms with Gasteiger partial charge in [0.05, 0.1) is 13.2 Å². The number of carbonyl (C=O) groups excluding carboxylic acids is 1. The summed E-state index contributed by atoms with van der Waals surface area (Å²) in [5.41, 5.74) is 3.41. The highest BCUT2D eigenvalue weighted by atomic mass is 16.5. The molecule has 0 saturated heterocycles. The van der Waals surface area contributed by atoms with Crippen LogP contribution in [0.4, 0.5) is 0 Å². The van der Waals surface area contributed by atoms with E-state index in [0.29, 0.717) is 26.2 Å². The van der Waals surface area contributed by atoms with Crippen molar-refractivity contribution in [3.8, 4) is 11.5 Å². The summed E-state index contributed by atoms with van der Waals surface area (Å²) in [7, 11) is 0. The zero-order valence-corrected chi connectivity index (χ0v) is 15.3. The van der Waals surface area contributed by atoms with Crippen LogP contribution in [0.1, 0.15) is 37.0 Å². The normalized spacial score (nSPS) is 10.4. The molecule has 2 aromatic carbocycles. The first-order valence-corrected chi connectivity index (χ1v) is 8.83. The summed E-state index contributed by atoms with van der Waals surface area (Å²) in [6.07, 6.45) is 1.23. The van der Waals surface area contributed by atoms with E-state index in [0.717, 1.165) is 23.5 Å². The summed E-state index contributed by atoms with van der Waals surface area (Å²) in [6, 6.07) is 14.1. The van der Waals surface area contributed by atoms with Crippen molar-refractivity contribution in [2.24, 2.45) is 0 Å². The molecule has 0 atom stereocenters. The Balaban J connectivity index is 1.86. The zero-order chi connectivity index (χ0) is 18.1. The minimum absolute atomic E-state index is 0.0485. The van der Waals surface area contributed by atoms with Crippen molar-refractivity contribution >= 4 is 5.91 Å². The average Bonchev–Trinajstić information content (AvgIpc) is 2.62. The van der Waals surface area contributed by atoms with Crippen LogP contribution in [0.3, 0.4) is 0 Å². The first kappa shape index (κ1) is 18.8. The predicted molar refractivity (Wildman–Crippen MR) is 100 cm³/mol. The van der Waals surface area contributed by atoms with E-state index in [4.69, 9.17) is 9.47 Å². The van der Waals surface area contributed by atoms with E-state index < -0.39 is 0 Å². The van der Waals surface area contributed by atoms with E-state index in [1.54, 1.807) is 0 Å². The highest BCUT2D eigenvalue weighted by Gasteiger charge is 2.07. The molecule has 0 heterocycles. The average molecular weight is 341 g/mol. The largest absolute Gasteiger partial charge is 0.490 e. The van der Waals surface area contributed by atoms with Crippen LogP contribution in [0.5, 0.6) is 11.5 Å². The molecule has 4 nitrogen and oxygen atoms in total. The van der Waals surface area contributed by atoms with Gasteiger partial charge in [-0.05, 0) is 50.5 Å². The number of aryl methyl sites for hydroxylation is 2. The molecule has 1 N–H and O–H groups in total. The molecule has 0 aliphatic rings. The lowest BCUT2D eigenvalue weighted by molar-refractivity contribution is -0.121. The first-order valence-electron chi connectivity index (χ1n) is 8.83. The van der Waals surface area contributed by atoms with Gasteiger partial charge in [0.25, 0.3) is 0 Å². The Morgan fingerprint density at radius 1 is 0.920 bits per heavy atom. The third-order valence-corrected chi connectivity index (χ3v) is 3.86. The van der Waals surface area contributed by atoms with Crippen LogP contribution in [0.2, 0.25) is 0 Å². The number of hydrogen-bond acceptors (Lipinski definition) is 3. The first-order chi connectivity index (χ1) is 12.1. The number of ether oxygens (including phenoxy) is 2. The van der Waals surface area contributed by atoms with Crippen molar-refractivity contribution in [2.45, 2.75) is 40.2 Å². The Hall–Kier alpha value is -2.49. The van der Waals surface area contributed by atoms with Gasteiger partial charge in [-0.2, -0.15) is 0 Å².